The standard InChI is InChI=1S/C14H20N4S2/c1-4-10-7-11-12(18-5-6-19-9(2)8-18)16-14(15-3)17-13(11)20-10/h7,9H,4-6,8H2,1-3H3,(H,15,16,17). The molecule has 0 amide bonds. The Bertz CT molecular complexity index is 610. The number of thioether (sulfide) groups is 1. The second kappa shape index (κ2) is 5.77. The van der Waals surface area contributed by atoms with E-state index < -0.39 is 0 Å². The van der Waals surface area contributed by atoms with Crippen molar-refractivity contribution in [2.45, 2.75) is 25.5 Å². The molecule has 1 aliphatic heterocycles. The Labute approximate surface area is 128 Å². The van der Waals surface area contributed by atoms with Crippen molar-refractivity contribution in [3.63, 3.8) is 0 Å². The highest BCUT2D eigenvalue weighted by molar-refractivity contribution is 8.00. The van der Waals surface area contributed by atoms with Crippen LogP contribution in [0.2, 0.25) is 0 Å². The van der Waals surface area contributed by atoms with Gasteiger partial charge in [0.05, 0.1) is 5.39 Å². The minimum Gasteiger partial charge on any atom is -0.357 e. The Kier molecular flexibility index (Phi) is 4.03. The lowest BCUT2D eigenvalue weighted by atomic mass is 10.2. The van der Waals surface area contributed by atoms with Crippen LogP contribution in [0.4, 0.5) is 11.8 Å². The van der Waals surface area contributed by atoms with Crippen LogP contribution in [0.5, 0.6) is 0 Å². The normalized spacial score (nSPS) is 19.6. The van der Waals surface area contributed by atoms with Gasteiger partial charge in [0.15, 0.2) is 0 Å². The second-order valence-electron chi connectivity index (χ2n) is 5.03. The molecule has 6 heteroatoms. The van der Waals surface area contributed by atoms with E-state index in [9.17, 15) is 0 Å². The first-order valence-corrected chi connectivity index (χ1v) is 8.92. The monoisotopic (exact) mass is 308 g/mol. The molecule has 3 rings (SSSR count). The molecular weight excluding hydrogens is 288 g/mol. The van der Waals surface area contributed by atoms with Crippen LogP contribution in [0.15, 0.2) is 6.07 Å². The van der Waals surface area contributed by atoms with Gasteiger partial charge in [-0.25, -0.2) is 4.98 Å². The topological polar surface area (TPSA) is 41.1 Å². The molecule has 1 atom stereocenters. The van der Waals surface area contributed by atoms with Crippen molar-refractivity contribution in [3.05, 3.63) is 10.9 Å². The number of aryl methyl sites for hydroxylation is 1. The maximum Gasteiger partial charge on any atom is 0.225 e. The summed E-state index contributed by atoms with van der Waals surface area (Å²) in [7, 11) is 1.88. The number of rotatable bonds is 3. The number of aromatic nitrogens is 2. The molecule has 2 aromatic heterocycles. The number of nitrogens with zero attached hydrogens (tertiary/aromatic N) is 3. The summed E-state index contributed by atoms with van der Waals surface area (Å²) in [5, 5.41) is 4.97. The first-order chi connectivity index (χ1) is 9.71. The van der Waals surface area contributed by atoms with Crippen molar-refractivity contribution in [3.8, 4) is 0 Å². The van der Waals surface area contributed by atoms with Gasteiger partial charge < -0.3 is 10.2 Å². The maximum atomic E-state index is 4.73. The first-order valence-electron chi connectivity index (χ1n) is 7.06. The van der Waals surface area contributed by atoms with Gasteiger partial charge in [0, 0.05) is 36.0 Å². The lowest BCUT2D eigenvalue weighted by molar-refractivity contribution is 0.773. The van der Waals surface area contributed by atoms with E-state index in [-0.39, 0.29) is 0 Å². The van der Waals surface area contributed by atoms with E-state index in [4.69, 9.17) is 4.98 Å². The molecule has 20 heavy (non-hydrogen) atoms. The number of thiophene rings is 1. The molecule has 0 spiro atoms. The molecule has 1 fully saturated rings. The van der Waals surface area contributed by atoms with Crippen molar-refractivity contribution < 1.29 is 0 Å². The van der Waals surface area contributed by atoms with Crippen LogP contribution in [0, 0.1) is 0 Å². The largest absolute Gasteiger partial charge is 0.357 e. The number of hydrogen-bond donors (Lipinski definition) is 1. The smallest absolute Gasteiger partial charge is 0.225 e. The summed E-state index contributed by atoms with van der Waals surface area (Å²) >= 11 is 3.83. The highest BCUT2D eigenvalue weighted by Crippen LogP contribution is 2.34. The first kappa shape index (κ1) is 13.9. The number of nitrogens with one attached hydrogen (secondary N) is 1. The summed E-state index contributed by atoms with van der Waals surface area (Å²) in [6.07, 6.45) is 1.06. The van der Waals surface area contributed by atoms with Gasteiger partial charge in [-0.3, -0.25) is 0 Å². The third-order valence-corrected chi connectivity index (χ3v) is 5.85. The summed E-state index contributed by atoms with van der Waals surface area (Å²) < 4.78 is 0. The minimum atomic E-state index is 0.663. The average Bonchev–Trinajstić information content (AvgIpc) is 2.89. The zero-order chi connectivity index (χ0) is 14.1. The molecule has 0 radical (unpaired) electrons. The average molecular weight is 308 g/mol. The van der Waals surface area contributed by atoms with Gasteiger partial charge in [-0.05, 0) is 12.5 Å². The van der Waals surface area contributed by atoms with Gasteiger partial charge in [-0.2, -0.15) is 16.7 Å². The zero-order valence-corrected chi connectivity index (χ0v) is 13.8. The van der Waals surface area contributed by atoms with Crippen molar-refractivity contribution in [2.24, 2.45) is 0 Å². The van der Waals surface area contributed by atoms with Crippen molar-refractivity contribution in [1.82, 2.24) is 9.97 Å². The third-order valence-electron chi connectivity index (χ3n) is 3.54. The SMILES string of the molecule is CCc1cc2c(N3CCSC(C)C3)nc(NC)nc2s1. The lowest BCUT2D eigenvalue weighted by Gasteiger charge is -2.32. The molecule has 1 saturated heterocycles. The molecule has 108 valence electrons. The molecule has 0 aliphatic carbocycles. The van der Waals surface area contributed by atoms with Crippen LogP contribution in [-0.4, -0.2) is 41.1 Å². The van der Waals surface area contributed by atoms with E-state index in [1.165, 1.54) is 16.0 Å². The van der Waals surface area contributed by atoms with Gasteiger partial charge in [-0.1, -0.05) is 13.8 Å². The van der Waals surface area contributed by atoms with Gasteiger partial charge in [0.2, 0.25) is 5.95 Å². The molecule has 2 aromatic rings. The van der Waals surface area contributed by atoms with Gasteiger partial charge in [0.1, 0.15) is 10.6 Å². The van der Waals surface area contributed by atoms with Crippen molar-refractivity contribution in [1.29, 1.82) is 0 Å². The van der Waals surface area contributed by atoms with E-state index >= 15 is 0 Å². The van der Waals surface area contributed by atoms with Crippen LogP contribution in [0.1, 0.15) is 18.7 Å². The molecule has 0 bridgehead atoms. The van der Waals surface area contributed by atoms with E-state index in [2.05, 4.69) is 35.1 Å². The molecule has 0 aromatic carbocycles. The van der Waals surface area contributed by atoms with Crippen LogP contribution in [0.25, 0.3) is 10.2 Å². The summed E-state index contributed by atoms with van der Waals surface area (Å²) in [4.78, 5) is 14.2. The predicted molar refractivity (Wildman–Crippen MR) is 90.5 cm³/mol. The summed E-state index contributed by atoms with van der Waals surface area (Å²) in [5.74, 6) is 3.00. The fraction of sp³-hybridized carbons (Fsp3) is 0.571. The number of anilines is 2. The van der Waals surface area contributed by atoms with E-state index in [1.807, 2.05) is 18.8 Å². The summed E-state index contributed by atoms with van der Waals surface area (Å²) in [5.41, 5.74) is 0. The summed E-state index contributed by atoms with van der Waals surface area (Å²) in [6, 6.07) is 2.27. The van der Waals surface area contributed by atoms with Crippen LogP contribution in [-0.2, 0) is 6.42 Å². The third kappa shape index (κ3) is 2.59. The molecular formula is C14H20N4S2. The van der Waals surface area contributed by atoms with Crippen LogP contribution < -0.4 is 10.2 Å². The lowest BCUT2D eigenvalue weighted by Crippen LogP contribution is -2.37. The predicted octanol–water partition coefficient (Wildman–Crippen LogP) is 3.24. The molecule has 1 aliphatic rings. The fourth-order valence-corrected chi connectivity index (χ4v) is 4.47. The Morgan fingerprint density at radius 3 is 3.00 bits per heavy atom. The highest BCUT2D eigenvalue weighted by atomic mass is 32.2. The Balaban J connectivity index is 2.09. The highest BCUT2D eigenvalue weighted by Gasteiger charge is 2.21. The number of hydrogen-bond acceptors (Lipinski definition) is 6. The van der Waals surface area contributed by atoms with Crippen LogP contribution in [0.3, 0.4) is 0 Å². The van der Waals surface area contributed by atoms with Crippen molar-refractivity contribution >= 4 is 45.1 Å². The molecule has 4 nitrogen and oxygen atoms in total. The Morgan fingerprint density at radius 1 is 1.45 bits per heavy atom. The second-order valence-corrected chi connectivity index (χ2v) is 7.69. The molecule has 1 N–H and O–H groups in total. The fourth-order valence-electron chi connectivity index (χ4n) is 2.49. The van der Waals surface area contributed by atoms with Gasteiger partial charge in [-0.15, -0.1) is 11.3 Å². The van der Waals surface area contributed by atoms with E-state index in [0.29, 0.717) is 5.25 Å². The van der Waals surface area contributed by atoms with Gasteiger partial charge in [0.25, 0.3) is 0 Å². The van der Waals surface area contributed by atoms with E-state index in [0.717, 1.165) is 36.1 Å². The Morgan fingerprint density at radius 2 is 2.30 bits per heavy atom. The van der Waals surface area contributed by atoms with Crippen molar-refractivity contribution in [2.75, 3.05) is 36.1 Å². The maximum absolute atomic E-state index is 4.73. The van der Waals surface area contributed by atoms with Gasteiger partial charge >= 0.3 is 0 Å². The number of fused-ring (bicyclic) bond motifs is 1. The molecule has 1 unspecified atom stereocenters. The Hall–Kier alpha value is -1.01. The van der Waals surface area contributed by atoms with E-state index in [1.54, 1.807) is 11.3 Å². The van der Waals surface area contributed by atoms with Crippen LogP contribution >= 0.6 is 23.1 Å². The zero-order valence-electron chi connectivity index (χ0n) is 12.1. The summed E-state index contributed by atoms with van der Waals surface area (Å²) in [6.45, 7) is 6.62. The quantitative estimate of drug-likeness (QED) is 0.943. The molecule has 0 saturated carbocycles. The minimum absolute atomic E-state index is 0.663. The molecule has 3 heterocycles.